The van der Waals surface area contributed by atoms with Crippen molar-refractivity contribution in [2.45, 2.75) is 40.0 Å². The number of benzene rings is 3. The van der Waals surface area contributed by atoms with Crippen molar-refractivity contribution < 1.29 is 14.6 Å². The number of carbonyl (C=O) groups excluding carboxylic acids is 1. The fourth-order valence-electron chi connectivity index (χ4n) is 3.81. The Morgan fingerprint density at radius 2 is 1.59 bits per heavy atom. The number of ether oxygens (including phenoxy) is 1. The lowest BCUT2D eigenvalue weighted by Crippen LogP contribution is -2.10. The van der Waals surface area contributed by atoms with Crippen LogP contribution in [0.2, 0.25) is 0 Å². The number of carbonyl (C=O) groups is 1. The lowest BCUT2D eigenvalue weighted by atomic mass is 9.91. The fraction of sp³-hybridized carbons (Fsp3) is 0.276. The quantitative estimate of drug-likeness (QED) is 0.325. The molecular weight excluding hydrogens is 396 g/mol. The Hall–Kier alpha value is -3.17. The van der Waals surface area contributed by atoms with E-state index in [2.05, 4.69) is 81.1 Å². The molecular formula is C29H32O3. The standard InChI is InChI=1S/C29H32O3/c1-5-21(3)29(31)32-17-15-26-19-23(14-16-30)8-12-28(26)25-11-13-27(22(4)18-25)24-9-6-20(2)7-10-24/h6-13,18-19,30H,3,5,14-17H2,1-2,4H3. The smallest absolute Gasteiger partial charge is 0.333 e. The molecule has 0 spiro atoms. The predicted octanol–water partition coefficient (Wildman–Crippen LogP) is 6.22. The van der Waals surface area contributed by atoms with Gasteiger partial charge in [-0.25, -0.2) is 4.79 Å². The number of aryl methyl sites for hydroxylation is 2. The maximum atomic E-state index is 12.0. The second-order valence-electron chi connectivity index (χ2n) is 8.20. The molecule has 0 aliphatic carbocycles. The zero-order chi connectivity index (χ0) is 23.1. The Morgan fingerprint density at radius 3 is 2.25 bits per heavy atom. The molecule has 0 aliphatic rings. The average molecular weight is 429 g/mol. The Balaban J connectivity index is 1.88. The zero-order valence-corrected chi connectivity index (χ0v) is 19.3. The van der Waals surface area contributed by atoms with Gasteiger partial charge in [0.05, 0.1) is 6.61 Å². The van der Waals surface area contributed by atoms with Crippen molar-refractivity contribution in [1.29, 1.82) is 0 Å². The van der Waals surface area contributed by atoms with Crippen LogP contribution in [0, 0.1) is 13.8 Å². The van der Waals surface area contributed by atoms with Gasteiger partial charge in [-0.15, -0.1) is 0 Å². The van der Waals surface area contributed by atoms with E-state index in [1.54, 1.807) is 0 Å². The van der Waals surface area contributed by atoms with Gasteiger partial charge in [0, 0.05) is 18.6 Å². The van der Waals surface area contributed by atoms with Crippen LogP contribution in [0.3, 0.4) is 0 Å². The van der Waals surface area contributed by atoms with Crippen molar-refractivity contribution in [2.24, 2.45) is 0 Å². The highest BCUT2D eigenvalue weighted by Gasteiger charge is 2.12. The van der Waals surface area contributed by atoms with Crippen molar-refractivity contribution in [3.05, 3.63) is 95.1 Å². The lowest BCUT2D eigenvalue weighted by molar-refractivity contribution is -0.139. The first-order chi connectivity index (χ1) is 15.4. The Bertz CT molecular complexity index is 1090. The van der Waals surface area contributed by atoms with E-state index in [1.165, 1.54) is 22.3 Å². The van der Waals surface area contributed by atoms with Crippen LogP contribution >= 0.6 is 0 Å². The molecule has 0 saturated carbocycles. The molecule has 0 bridgehead atoms. The van der Waals surface area contributed by atoms with E-state index in [9.17, 15) is 9.90 Å². The van der Waals surface area contributed by atoms with Crippen molar-refractivity contribution in [3.63, 3.8) is 0 Å². The van der Waals surface area contributed by atoms with Crippen molar-refractivity contribution in [3.8, 4) is 22.3 Å². The lowest BCUT2D eigenvalue weighted by Gasteiger charge is -2.15. The Morgan fingerprint density at radius 1 is 0.906 bits per heavy atom. The molecule has 0 saturated heterocycles. The minimum absolute atomic E-state index is 0.106. The summed E-state index contributed by atoms with van der Waals surface area (Å²) < 4.78 is 5.41. The molecule has 0 atom stereocenters. The molecule has 0 radical (unpaired) electrons. The van der Waals surface area contributed by atoms with E-state index >= 15 is 0 Å². The number of aliphatic hydroxyl groups excluding tert-OH is 1. The van der Waals surface area contributed by atoms with Gasteiger partial charge in [0.2, 0.25) is 0 Å². The average Bonchev–Trinajstić information content (AvgIpc) is 2.79. The molecule has 3 rings (SSSR count). The number of aliphatic hydroxyl groups is 1. The van der Waals surface area contributed by atoms with Crippen LogP contribution in [0.1, 0.15) is 35.6 Å². The largest absolute Gasteiger partial charge is 0.462 e. The molecule has 0 heterocycles. The van der Waals surface area contributed by atoms with E-state index in [0.29, 0.717) is 31.4 Å². The Kier molecular flexibility index (Phi) is 8.02. The van der Waals surface area contributed by atoms with Crippen LogP contribution < -0.4 is 0 Å². The second kappa shape index (κ2) is 10.9. The molecule has 0 amide bonds. The van der Waals surface area contributed by atoms with Crippen molar-refractivity contribution in [2.75, 3.05) is 13.2 Å². The molecule has 3 aromatic rings. The van der Waals surface area contributed by atoms with Crippen LogP contribution in [0.5, 0.6) is 0 Å². The van der Waals surface area contributed by atoms with Gasteiger partial charge in [0.25, 0.3) is 0 Å². The number of rotatable bonds is 9. The highest BCUT2D eigenvalue weighted by molar-refractivity contribution is 5.87. The maximum absolute atomic E-state index is 12.0. The fourth-order valence-corrected chi connectivity index (χ4v) is 3.81. The summed E-state index contributed by atoms with van der Waals surface area (Å²) in [5, 5.41) is 9.35. The molecule has 0 fully saturated rings. The highest BCUT2D eigenvalue weighted by atomic mass is 16.5. The Labute approximate surface area is 191 Å². The van der Waals surface area contributed by atoms with Gasteiger partial charge in [-0.1, -0.05) is 79.7 Å². The molecule has 166 valence electrons. The number of esters is 1. The zero-order valence-electron chi connectivity index (χ0n) is 19.3. The van der Waals surface area contributed by atoms with E-state index < -0.39 is 0 Å². The summed E-state index contributed by atoms with van der Waals surface area (Å²) in [4.78, 5) is 12.0. The maximum Gasteiger partial charge on any atom is 0.333 e. The van der Waals surface area contributed by atoms with Gasteiger partial charge in [0.1, 0.15) is 0 Å². The van der Waals surface area contributed by atoms with Crippen molar-refractivity contribution >= 4 is 5.97 Å². The second-order valence-corrected chi connectivity index (χ2v) is 8.20. The summed E-state index contributed by atoms with van der Waals surface area (Å²) in [6.07, 6.45) is 1.80. The topological polar surface area (TPSA) is 46.5 Å². The third-order valence-corrected chi connectivity index (χ3v) is 5.79. The summed E-state index contributed by atoms with van der Waals surface area (Å²) >= 11 is 0. The number of hydrogen-bond donors (Lipinski definition) is 1. The molecule has 3 aromatic carbocycles. The van der Waals surface area contributed by atoms with Crippen LogP contribution in [-0.4, -0.2) is 24.3 Å². The molecule has 0 aliphatic heterocycles. The normalized spacial score (nSPS) is 10.8. The summed E-state index contributed by atoms with van der Waals surface area (Å²) in [7, 11) is 0. The third-order valence-electron chi connectivity index (χ3n) is 5.79. The predicted molar refractivity (Wildman–Crippen MR) is 132 cm³/mol. The molecule has 0 unspecified atom stereocenters. The molecule has 3 heteroatoms. The summed E-state index contributed by atoms with van der Waals surface area (Å²) in [6, 6.07) is 21.4. The van der Waals surface area contributed by atoms with Crippen LogP contribution in [0.25, 0.3) is 22.3 Å². The van der Waals surface area contributed by atoms with Gasteiger partial charge in [-0.05, 0) is 65.6 Å². The molecule has 3 nitrogen and oxygen atoms in total. The van der Waals surface area contributed by atoms with E-state index in [4.69, 9.17) is 4.74 Å². The van der Waals surface area contributed by atoms with Gasteiger partial charge >= 0.3 is 5.97 Å². The monoisotopic (exact) mass is 428 g/mol. The van der Waals surface area contributed by atoms with Gasteiger partial charge in [0.15, 0.2) is 0 Å². The number of hydrogen-bond acceptors (Lipinski definition) is 3. The van der Waals surface area contributed by atoms with Gasteiger partial charge in [-0.3, -0.25) is 0 Å². The van der Waals surface area contributed by atoms with Crippen LogP contribution in [-0.2, 0) is 22.4 Å². The first-order valence-corrected chi connectivity index (χ1v) is 11.2. The van der Waals surface area contributed by atoms with Crippen LogP contribution in [0.15, 0.2) is 72.8 Å². The first kappa shape index (κ1) is 23.5. The first-order valence-electron chi connectivity index (χ1n) is 11.2. The minimum Gasteiger partial charge on any atom is -0.462 e. The SMILES string of the molecule is C=C(CC)C(=O)OCCc1cc(CCO)ccc1-c1ccc(-c2ccc(C)cc2)c(C)c1. The molecule has 0 aromatic heterocycles. The van der Waals surface area contributed by atoms with Gasteiger partial charge < -0.3 is 9.84 Å². The van der Waals surface area contributed by atoms with Gasteiger partial charge in [-0.2, -0.15) is 0 Å². The van der Waals surface area contributed by atoms with E-state index in [-0.39, 0.29) is 12.6 Å². The third kappa shape index (κ3) is 5.74. The minimum atomic E-state index is -0.334. The summed E-state index contributed by atoms with van der Waals surface area (Å²) in [6.45, 7) is 10.3. The summed E-state index contributed by atoms with van der Waals surface area (Å²) in [5.41, 5.74) is 9.81. The van der Waals surface area contributed by atoms with E-state index in [1.807, 2.05) is 6.92 Å². The van der Waals surface area contributed by atoms with E-state index in [0.717, 1.165) is 22.3 Å². The van der Waals surface area contributed by atoms with Crippen LogP contribution in [0.4, 0.5) is 0 Å². The molecule has 1 N–H and O–H groups in total. The van der Waals surface area contributed by atoms with Crippen molar-refractivity contribution in [1.82, 2.24) is 0 Å². The highest BCUT2D eigenvalue weighted by Crippen LogP contribution is 2.31. The molecule has 32 heavy (non-hydrogen) atoms. The summed E-state index contributed by atoms with van der Waals surface area (Å²) in [5.74, 6) is -0.334.